The molecule has 0 aliphatic rings. The number of methoxy groups -OCH3 is 1. The molecule has 0 atom stereocenters. The quantitative estimate of drug-likeness (QED) is 0.409. The van der Waals surface area contributed by atoms with Crippen LogP contribution < -0.4 is 4.43 Å². The minimum atomic E-state index is -1.53. The van der Waals surface area contributed by atoms with Gasteiger partial charge in [-0.15, -0.1) is 0 Å². The zero-order chi connectivity index (χ0) is 22.9. The van der Waals surface area contributed by atoms with Crippen molar-refractivity contribution in [3.8, 4) is 5.75 Å². The molecular weight excluding hydrogens is 408 g/mol. The molecule has 0 N–H and O–H groups in total. The van der Waals surface area contributed by atoms with Gasteiger partial charge in [0.15, 0.2) is 0 Å². The predicted molar refractivity (Wildman–Crippen MR) is 91.1 cm³/mol. The number of hydrogen-bond donors (Lipinski definition) is 0. The molecule has 0 bridgehead atoms. The molecule has 0 aromatic heterocycles. The summed E-state index contributed by atoms with van der Waals surface area (Å²) in [6.45, 7) is 29.0. The van der Waals surface area contributed by atoms with Crippen molar-refractivity contribution in [3.05, 3.63) is 69.2 Å². The fraction of sp³-hybridized carbons (Fsp3) is 0.222. The number of rotatable bonds is 5. The Hall–Kier alpha value is -1.96. The van der Waals surface area contributed by atoms with Gasteiger partial charge in [-0.3, -0.25) is 0 Å². The van der Waals surface area contributed by atoms with Gasteiger partial charge >= 0.3 is 169 Å². The molecule has 7 nitrogen and oxygen atoms in total. The third-order valence-corrected chi connectivity index (χ3v) is 3.22. The molecule has 0 spiro atoms. The summed E-state index contributed by atoms with van der Waals surface area (Å²) in [4.78, 5) is 0. The Morgan fingerprint density at radius 3 is 1.74 bits per heavy atom. The van der Waals surface area contributed by atoms with Crippen molar-refractivity contribution in [2.45, 2.75) is 19.6 Å². The molecule has 0 unspecified atom stereocenters. The second-order valence-corrected chi connectivity index (χ2v) is 9.70. The van der Waals surface area contributed by atoms with Crippen LogP contribution in [0.1, 0.15) is 5.56 Å². The van der Waals surface area contributed by atoms with Crippen molar-refractivity contribution in [2.24, 2.45) is 0 Å². The molecule has 0 radical (unpaired) electrons. The van der Waals surface area contributed by atoms with Gasteiger partial charge in [0.2, 0.25) is 0 Å². The second kappa shape index (κ2) is 28.8. The van der Waals surface area contributed by atoms with Gasteiger partial charge in [-0.2, -0.15) is 0 Å². The summed E-state index contributed by atoms with van der Waals surface area (Å²) in [5.41, 5.74) is 1.10. The number of hydrogen-bond acceptors (Lipinski definition) is 2. The van der Waals surface area contributed by atoms with Crippen LogP contribution in [0.4, 0.5) is 0 Å². The predicted octanol–water partition coefficient (Wildman–Crippen LogP) is 3.05. The van der Waals surface area contributed by atoms with Crippen LogP contribution in [-0.4, -0.2) is 20.0 Å². The van der Waals surface area contributed by atoms with Crippen LogP contribution in [0, 0.1) is 33.3 Å². The normalized spacial score (nSPS) is 7.78. The van der Waals surface area contributed by atoms with Gasteiger partial charge < -0.3 is 0 Å². The molecule has 9 heteroatoms. The van der Waals surface area contributed by atoms with E-state index in [1.54, 1.807) is 7.11 Å². The molecule has 0 heterocycles. The zero-order valence-electron chi connectivity index (χ0n) is 15.2. The third kappa shape index (κ3) is 29.1. The maximum absolute atomic E-state index is 7.50. The summed E-state index contributed by atoms with van der Waals surface area (Å²) < 4.78 is 49.2. The van der Waals surface area contributed by atoms with E-state index >= 15 is 0 Å². The van der Waals surface area contributed by atoms with Crippen LogP contribution >= 0.6 is 0 Å². The Bertz CT molecular complexity index is 588. The molecular formula is C18H18CrO7Si. The van der Waals surface area contributed by atoms with E-state index in [9.17, 15) is 0 Å². The first-order valence-electron chi connectivity index (χ1n) is 6.48. The average molecular weight is 426 g/mol. The molecule has 0 amide bonds. The average Bonchev–Trinajstić information content (AvgIpc) is 2.72. The van der Waals surface area contributed by atoms with E-state index in [2.05, 4.69) is 68.7 Å². The van der Waals surface area contributed by atoms with Crippen molar-refractivity contribution in [3.63, 3.8) is 0 Å². The van der Waals surface area contributed by atoms with Gasteiger partial charge in [-0.1, -0.05) is 0 Å². The second-order valence-electron chi connectivity index (χ2n) is 4.64. The Balaban J connectivity index is -0.000000139. The number of ether oxygens (including phenoxy) is 1. The molecule has 142 valence electrons. The molecule has 1 rings (SSSR count). The molecule has 0 saturated heterocycles. The molecule has 0 aliphatic carbocycles. The van der Waals surface area contributed by atoms with E-state index in [4.69, 9.17) is 32.4 Å². The first-order chi connectivity index (χ1) is 12.9. The van der Waals surface area contributed by atoms with Crippen molar-refractivity contribution < 1.29 is 48.3 Å². The Morgan fingerprint density at radius 1 is 0.926 bits per heavy atom. The van der Waals surface area contributed by atoms with Crippen LogP contribution in [0.15, 0.2) is 30.3 Å². The summed E-state index contributed by atoms with van der Waals surface area (Å²) in [6, 6.07) is 8.07. The first kappa shape index (κ1) is 36.0. The maximum atomic E-state index is 7.50. The topological polar surface area (TPSA) is 118 Å². The third-order valence-electron chi connectivity index (χ3n) is 1.90. The molecule has 1 aromatic carbocycles. The van der Waals surface area contributed by atoms with Crippen LogP contribution in [-0.2, 0) is 43.8 Å². The van der Waals surface area contributed by atoms with Crippen molar-refractivity contribution >= 4 is 19.0 Å². The van der Waals surface area contributed by atoms with E-state index in [1.165, 1.54) is 0 Å². The molecule has 27 heavy (non-hydrogen) atoms. The molecule has 0 saturated carbocycles. The van der Waals surface area contributed by atoms with E-state index in [-0.39, 0.29) is 0 Å². The first-order valence-corrected chi connectivity index (χ1v) is 10.5. The van der Waals surface area contributed by atoms with Crippen LogP contribution in [0.25, 0.3) is 6.08 Å². The van der Waals surface area contributed by atoms with Crippen molar-refractivity contribution in [1.29, 1.82) is 0 Å². The van der Waals surface area contributed by atoms with E-state index in [1.807, 2.05) is 36.4 Å². The SMILES string of the molecule is CO[C](=[Cr])/C=C/c1cccc(O[Si](C)(C)C)c1.[C-]#[O+].[C-]#[O+].[C-]#[O+].[C-]#[O+].[C-]#[O+]. The summed E-state index contributed by atoms with van der Waals surface area (Å²) in [6.07, 6.45) is 3.89. The minimum absolute atomic E-state index is 0.765. The number of benzene rings is 1. The molecule has 1 aromatic rings. The van der Waals surface area contributed by atoms with Crippen molar-refractivity contribution in [1.82, 2.24) is 0 Å². The van der Waals surface area contributed by atoms with Gasteiger partial charge in [0, 0.05) is 0 Å². The van der Waals surface area contributed by atoms with Crippen LogP contribution in [0.5, 0.6) is 5.75 Å². The van der Waals surface area contributed by atoms with Gasteiger partial charge in [0.1, 0.15) is 0 Å². The van der Waals surface area contributed by atoms with E-state index in [0.717, 1.165) is 15.9 Å². The zero-order valence-corrected chi connectivity index (χ0v) is 17.5. The Labute approximate surface area is 169 Å². The Morgan fingerprint density at radius 2 is 1.37 bits per heavy atom. The monoisotopic (exact) mass is 426 g/mol. The van der Waals surface area contributed by atoms with Gasteiger partial charge in [-0.25, -0.2) is 0 Å². The molecule has 0 fully saturated rings. The van der Waals surface area contributed by atoms with Crippen LogP contribution in [0.3, 0.4) is 0 Å². The summed E-state index contributed by atoms with van der Waals surface area (Å²) in [7, 11) is 0.107. The van der Waals surface area contributed by atoms with Gasteiger partial charge in [0.05, 0.1) is 0 Å². The summed E-state index contributed by atoms with van der Waals surface area (Å²) in [5.74, 6) is 0.936. The fourth-order valence-electron chi connectivity index (χ4n) is 1.27. The van der Waals surface area contributed by atoms with E-state index < -0.39 is 8.32 Å². The standard InChI is InChI=1S/C13H18O2Si.5CO.Cr/c1-14-10-6-8-12-7-5-9-13(11-12)15-16(2,3)4;5*1-2;/h5-9,11H,1-4H3;;;;;;/b8-6+;;;;;;. The van der Waals surface area contributed by atoms with Gasteiger partial charge in [-0.05, 0) is 0 Å². The Kier molecular flexibility index (Phi) is 38.5. The van der Waals surface area contributed by atoms with Crippen LogP contribution in [0.2, 0.25) is 19.6 Å². The van der Waals surface area contributed by atoms with Gasteiger partial charge in [0.25, 0.3) is 0 Å². The van der Waals surface area contributed by atoms with E-state index in [0.29, 0.717) is 0 Å². The fourth-order valence-corrected chi connectivity index (χ4v) is 2.21. The summed E-state index contributed by atoms with van der Waals surface area (Å²) >= 11 is 2.83. The van der Waals surface area contributed by atoms with Crippen molar-refractivity contribution in [2.75, 3.05) is 7.11 Å². The summed E-state index contributed by atoms with van der Waals surface area (Å²) in [5, 5.41) is 0. The molecule has 0 aliphatic heterocycles.